The fraction of sp³-hybridized carbons (Fsp3) is 0.357. The molecule has 0 saturated carbocycles. The topological polar surface area (TPSA) is 73.8 Å². The molecule has 20 heavy (non-hydrogen) atoms. The van der Waals surface area contributed by atoms with Gasteiger partial charge in [-0.15, -0.1) is 0 Å². The summed E-state index contributed by atoms with van der Waals surface area (Å²) in [5.41, 5.74) is 6.28. The quantitative estimate of drug-likeness (QED) is 0.800. The lowest BCUT2D eigenvalue weighted by atomic mass is 9.95. The Labute approximate surface area is 116 Å². The second kappa shape index (κ2) is 4.63. The average Bonchev–Trinajstić information content (AvgIpc) is 2.43. The van der Waals surface area contributed by atoms with E-state index in [0.29, 0.717) is 6.42 Å². The lowest BCUT2D eigenvalue weighted by molar-refractivity contribution is -0.118. The van der Waals surface area contributed by atoms with Gasteiger partial charge in [-0.2, -0.15) is 5.10 Å². The van der Waals surface area contributed by atoms with Crippen LogP contribution in [0.2, 0.25) is 0 Å². The standard InChI is InChI=1S/C14H16N4O2/c1-8-13(16-17-14(20)15-8)10-3-5-11-9(7-10)4-6-12(19)18(11)2/h3,5,7-8H,4,6H2,1-2H3,(H2,15,17,20). The Bertz CT molecular complexity index is 624. The van der Waals surface area contributed by atoms with Crippen LogP contribution in [0, 0.1) is 0 Å². The van der Waals surface area contributed by atoms with Crippen molar-refractivity contribution in [2.75, 3.05) is 11.9 Å². The van der Waals surface area contributed by atoms with E-state index in [0.717, 1.165) is 28.9 Å². The van der Waals surface area contributed by atoms with Crippen LogP contribution >= 0.6 is 0 Å². The lowest BCUT2D eigenvalue weighted by Gasteiger charge is -2.27. The Balaban J connectivity index is 1.97. The molecule has 0 bridgehead atoms. The van der Waals surface area contributed by atoms with Crippen LogP contribution in [-0.2, 0) is 11.2 Å². The third-order valence-electron chi connectivity index (χ3n) is 3.75. The van der Waals surface area contributed by atoms with Gasteiger partial charge >= 0.3 is 6.03 Å². The van der Waals surface area contributed by atoms with Crippen LogP contribution in [0.5, 0.6) is 0 Å². The Morgan fingerprint density at radius 1 is 1.30 bits per heavy atom. The summed E-state index contributed by atoms with van der Waals surface area (Å²) < 4.78 is 0. The fourth-order valence-electron chi connectivity index (χ4n) is 2.64. The predicted octanol–water partition coefficient (Wildman–Crippen LogP) is 1.00. The molecule has 0 saturated heterocycles. The van der Waals surface area contributed by atoms with Crippen molar-refractivity contribution in [2.24, 2.45) is 5.10 Å². The number of carbonyl (C=O) groups excluding carboxylic acids is 2. The van der Waals surface area contributed by atoms with E-state index in [4.69, 9.17) is 0 Å². The molecule has 6 heteroatoms. The van der Waals surface area contributed by atoms with Crippen molar-refractivity contribution < 1.29 is 9.59 Å². The van der Waals surface area contributed by atoms with E-state index in [-0.39, 0.29) is 18.0 Å². The van der Waals surface area contributed by atoms with Gasteiger partial charge in [-0.05, 0) is 31.0 Å². The van der Waals surface area contributed by atoms with Gasteiger partial charge in [0.2, 0.25) is 5.91 Å². The van der Waals surface area contributed by atoms with Gasteiger partial charge in [0.25, 0.3) is 0 Å². The maximum absolute atomic E-state index is 11.7. The molecule has 1 aromatic rings. The van der Waals surface area contributed by atoms with Gasteiger partial charge in [-0.3, -0.25) is 4.79 Å². The minimum Gasteiger partial charge on any atom is -0.328 e. The van der Waals surface area contributed by atoms with Gasteiger partial charge in [-0.25, -0.2) is 10.2 Å². The number of hydrazone groups is 1. The molecular weight excluding hydrogens is 256 g/mol. The smallest absolute Gasteiger partial charge is 0.328 e. The molecule has 0 fully saturated rings. The number of benzene rings is 1. The molecule has 0 aliphatic carbocycles. The third kappa shape index (κ3) is 2.03. The molecule has 3 amide bonds. The van der Waals surface area contributed by atoms with Crippen LogP contribution in [0.4, 0.5) is 10.5 Å². The number of aryl methyl sites for hydroxylation is 1. The number of amides is 3. The van der Waals surface area contributed by atoms with Crippen molar-refractivity contribution >= 4 is 23.3 Å². The van der Waals surface area contributed by atoms with Crippen LogP contribution in [0.3, 0.4) is 0 Å². The summed E-state index contributed by atoms with van der Waals surface area (Å²) in [7, 11) is 1.79. The number of nitrogens with zero attached hydrogens (tertiary/aromatic N) is 2. The van der Waals surface area contributed by atoms with E-state index in [2.05, 4.69) is 15.8 Å². The molecule has 2 aliphatic rings. The number of hydrogen-bond acceptors (Lipinski definition) is 3. The number of carbonyl (C=O) groups is 2. The van der Waals surface area contributed by atoms with Gasteiger partial charge in [0, 0.05) is 24.7 Å². The van der Waals surface area contributed by atoms with Crippen molar-refractivity contribution in [3.8, 4) is 0 Å². The normalized spacial score (nSPS) is 21.8. The predicted molar refractivity (Wildman–Crippen MR) is 75.8 cm³/mol. The van der Waals surface area contributed by atoms with E-state index in [9.17, 15) is 9.59 Å². The summed E-state index contributed by atoms with van der Waals surface area (Å²) in [5.74, 6) is 0.141. The van der Waals surface area contributed by atoms with Gasteiger partial charge in [0.05, 0.1) is 11.8 Å². The highest BCUT2D eigenvalue weighted by Gasteiger charge is 2.24. The number of rotatable bonds is 1. The Hall–Kier alpha value is -2.37. The SMILES string of the molecule is CC1NC(=O)NN=C1c1ccc2c(c1)CCC(=O)N2C. The monoisotopic (exact) mass is 272 g/mol. The van der Waals surface area contributed by atoms with Crippen molar-refractivity contribution in [1.82, 2.24) is 10.7 Å². The fourth-order valence-corrected chi connectivity index (χ4v) is 2.64. The molecule has 2 N–H and O–H groups in total. The van der Waals surface area contributed by atoms with E-state index in [1.807, 2.05) is 25.1 Å². The van der Waals surface area contributed by atoms with E-state index >= 15 is 0 Å². The number of hydrogen-bond donors (Lipinski definition) is 2. The maximum atomic E-state index is 11.7. The molecule has 1 atom stereocenters. The van der Waals surface area contributed by atoms with Crippen molar-refractivity contribution in [3.05, 3.63) is 29.3 Å². The van der Waals surface area contributed by atoms with Crippen molar-refractivity contribution in [2.45, 2.75) is 25.8 Å². The number of nitrogens with one attached hydrogen (secondary N) is 2. The van der Waals surface area contributed by atoms with Crippen LogP contribution in [-0.4, -0.2) is 30.7 Å². The van der Waals surface area contributed by atoms with Crippen LogP contribution in [0.25, 0.3) is 0 Å². The average molecular weight is 272 g/mol. The Morgan fingerprint density at radius 3 is 2.85 bits per heavy atom. The molecule has 0 spiro atoms. The van der Waals surface area contributed by atoms with Crippen LogP contribution < -0.4 is 15.6 Å². The highest BCUT2D eigenvalue weighted by molar-refractivity contribution is 6.08. The van der Waals surface area contributed by atoms with Crippen LogP contribution in [0.15, 0.2) is 23.3 Å². The summed E-state index contributed by atoms with van der Waals surface area (Å²) in [5, 5.41) is 6.90. The second-order valence-electron chi connectivity index (χ2n) is 5.10. The van der Waals surface area contributed by atoms with Crippen molar-refractivity contribution in [1.29, 1.82) is 0 Å². The largest absolute Gasteiger partial charge is 0.335 e. The zero-order valence-corrected chi connectivity index (χ0v) is 11.4. The minimum atomic E-state index is -0.287. The second-order valence-corrected chi connectivity index (χ2v) is 5.10. The molecule has 0 aromatic heterocycles. The molecule has 0 radical (unpaired) electrons. The first kappa shape index (κ1) is 12.7. The molecule has 2 heterocycles. The number of fused-ring (bicyclic) bond motifs is 1. The Kier molecular flexibility index (Phi) is 2.93. The lowest BCUT2D eigenvalue weighted by Crippen LogP contribution is -2.48. The molecule has 1 unspecified atom stereocenters. The highest BCUT2D eigenvalue weighted by Crippen LogP contribution is 2.28. The molecule has 3 rings (SSSR count). The number of urea groups is 1. The van der Waals surface area contributed by atoms with Gasteiger partial charge < -0.3 is 10.2 Å². The molecule has 104 valence electrons. The zero-order chi connectivity index (χ0) is 14.3. The number of anilines is 1. The van der Waals surface area contributed by atoms with Gasteiger partial charge in [0.15, 0.2) is 0 Å². The highest BCUT2D eigenvalue weighted by atomic mass is 16.2. The first-order valence-corrected chi connectivity index (χ1v) is 6.60. The van der Waals surface area contributed by atoms with E-state index < -0.39 is 0 Å². The van der Waals surface area contributed by atoms with Gasteiger partial charge in [0.1, 0.15) is 0 Å². The maximum Gasteiger partial charge on any atom is 0.335 e. The summed E-state index contributed by atoms with van der Waals surface area (Å²) in [4.78, 5) is 24.6. The summed E-state index contributed by atoms with van der Waals surface area (Å²) in [6, 6.07) is 5.50. The third-order valence-corrected chi connectivity index (χ3v) is 3.75. The van der Waals surface area contributed by atoms with Crippen molar-refractivity contribution in [3.63, 3.8) is 0 Å². The first-order chi connectivity index (χ1) is 9.56. The summed E-state index contributed by atoms with van der Waals surface area (Å²) >= 11 is 0. The molecular formula is C14H16N4O2. The minimum absolute atomic E-state index is 0.134. The molecule has 1 aromatic carbocycles. The van der Waals surface area contributed by atoms with E-state index in [1.165, 1.54) is 0 Å². The Morgan fingerprint density at radius 2 is 2.10 bits per heavy atom. The first-order valence-electron chi connectivity index (χ1n) is 6.60. The molecule has 2 aliphatic heterocycles. The van der Waals surface area contributed by atoms with Crippen LogP contribution in [0.1, 0.15) is 24.5 Å². The zero-order valence-electron chi connectivity index (χ0n) is 11.4. The van der Waals surface area contributed by atoms with E-state index in [1.54, 1.807) is 11.9 Å². The molecule has 6 nitrogen and oxygen atoms in total. The summed E-state index contributed by atoms with van der Waals surface area (Å²) in [6.45, 7) is 1.90. The summed E-state index contributed by atoms with van der Waals surface area (Å²) in [6.07, 6.45) is 1.28. The van der Waals surface area contributed by atoms with Gasteiger partial charge in [-0.1, -0.05) is 6.07 Å².